The van der Waals surface area contributed by atoms with Gasteiger partial charge in [0.1, 0.15) is 0 Å². The van der Waals surface area contributed by atoms with Crippen LogP contribution in [0, 0.1) is 46.3 Å². The van der Waals surface area contributed by atoms with Crippen molar-refractivity contribution in [3.8, 4) is 0 Å². The largest absolute Gasteiger partial charge is 0.393 e. The van der Waals surface area contributed by atoms with Gasteiger partial charge in [-0.15, -0.1) is 0 Å². The maximum atomic E-state index is 10.2. The molecule has 29 heavy (non-hydrogen) atoms. The smallest absolute Gasteiger partial charge is 0.0543 e. The molecule has 0 aromatic heterocycles. The molecule has 1 N–H and O–H groups in total. The minimum Gasteiger partial charge on any atom is -0.393 e. The van der Waals surface area contributed by atoms with Crippen molar-refractivity contribution in [2.45, 2.75) is 92.6 Å². The van der Waals surface area contributed by atoms with Crippen LogP contribution in [0.2, 0.25) is 0 Å². The van der Waals surface area contributed by atoms with Crippen LogP contribution in [0.15, 0.2) is 35.5 Å². The standard InChI is InChI=1S/C28H44O/c1-18(2)19(3)7-8-20(4)24-11-12-25-23-10-9-21-17-22(29)13-15-27(21,5)26(23)14-16-28(24,25)6/h7-8,10,14,18-22,24-25,29H,9,11-13,15-17H2,1-6H3/b8-7+/t19-,20+,21?,22-,24+,25-,27-,28+/m0/s1. The van der Waals surface area contributed by atoms with Crippen LogP contribution in [0.1, 0.15) is 86.5 Å². The van der Waals surface area contributed by atoms with Gasteiger partial charge in [0.2, 0.25) is 0 Å². The maximum absolute atomic E-state index is 10.2. The molecule has 0 radical (unpaired) electrons. The summed E-state index contributed by atoms with van der Waals surface area (Å²) in [4.78, 5) is 0. The normalized spacial score (nSPS) is 44.0. The van der Waals surface area contributed by atoms with Gasteiger partial charge in [0.05, 0.1) is 6.10 Å². The fourth-order valence-corrected chi connectivity index (χ4v) is 7.44. The second-order valence-corrected chi connectivity index (χ2v) is 11.8. The minimum atomic E-state index is -0.0748. The molecule has 0 aromatic carbocycles. The van der Waals surface area contributed by atoms with Gasteiger partial charge in [0, 0.05) is 0 Å². The molecule has 4 rings (SSSR count). The van der Waals surface area contributed by atoms with E-state index in [9.17, 15) is 5.11 Å². The summed E-state index contributed by atoms with van der Waals surface area (Å²) in [5, 5.41) is 10.2. The van der Waals surface area contributed by atoms with E-state index in [1.54, 1.807) is 11.1 Å². The second kappa shape index (κ2) is 7.70. The Morgan fingerprint density at radius 2 is 1.79 bits per heavy atom. The lowest BCUT2D eigenvalue weighted by molar-refractivity contribution is 0.0316. The molecule has 0 spiro atoms. The number of hydrogen-bond donors (Lipinski definition) is 1. The third kappa shape index (κ3) is 3.50. The molecule has 0 saturated heterocycles. The molecule has 8 atom stereocenters. The lowest BCUT2D eigenvalue weighted by Gasteiger charge is -2.53. The van der Waals surface area contributed by atoms with Gasteiger partial charge in [0.25, 0.3) is 0 Å². The van der Waals surface area contributed by atoms with Gasteiger partial charge in [-0.3, -0.25) is 0 Å². The Kier molecular flexibility index (Phi) is 5.69. The van der Waals surface area contributed by atoms with E-state index in [0.717, 1.165) is 30.6 Å². The molecular formula is C28H44O. The van der Waals surface area contributed by atoms with Crippen LogP contribution in [-0.4, -0.2) is 11.2 Å². The quantitative estimate of drug-likeness (QED) is 0.493. The van der Waals surface area contributed by atoms with Crippen molar-refractivity contribution in [1.82, 2.24) is 0 Å². The molecule has 0 aromatic rings. The Balaban J connectivity index is 1.58. The van der Waals surface area contributed by atoms with Crippen LogP contribution in [0.3, 0.4) is 0 Å². The summed E-state index contributed by atoms with van der Waals surface area (Å²) in [7, 11) is 0. The van der Waals surface area contributed by atoms with E-state index in [1.165, 1.54) is 32.1 Å². The fourth-order valence-electron chi connectivity index (χ4n) is 7.44. The number of hydrogen-bond acceptors (Lipinski definition) is 1. The Labute approximate surface area is 179 Å². The van der Waals surface area contributed by atoms with Gasteiger partial charge >= 0.3 is 0 Å². The first-order valence-corrected chi connectivity index (χ1v) is 12.4. The molecule has 4 aliphatic rings. The van der Waals surface area contributed by atoms with Crippen LogP contribution in [0.4, 0.5) is 0 Å². The molecule has 162 valence electrons. The number of aliphatic hydroxyl groups excluding tert-OH is 1. The van der Waals surface area contributed by atoms with E-state index in [4.69, 9.17) is 0 Å². The van der Waals surface area contributed by atoms with Crippen LogP contribution in [0.25, 0.3) is 0 Å². The van der Waals surface area contributed by atoms with Gasteiger partial charge in [-0.2, -0.15) is 0 Å². The lowest BCUT2D eigenvalue weighted by atomic mass is 9.51. The average molecular weight is 397 g/mol. The van der Waals surface area contributed by atoms with Gasteiger partial charge in [-0.25, -0.2) is 0 Å². The van der Waals surface area contributed by atoms with Crippen molar-refractivity contribution in [3.63, 3.8) is 0 Å². The molecular weight excluding hydrogens is 352 g/mol. The summed E-state index contributed by atoms with van der Waals surface area (Å²) < 4.78 is 0. The van der Waals surface area contributed by atoms with Crippen molar-refractivity contribution < 1.29 is 5.11 Å². The van der Waals surface area contributed by atoms with Crippen molar-refractivity contribution in [3.05, 3.63) is 35.5 Å². The predicted octanol–water partition coefficient (Wildman–Crippen LogP) is 7.33. The first kappa shape index (κ1) is 21.4. The zero-order chi connectivity index (χ0) is 21.0. The molecule has 4 aliphatic carbocycles. The summed E-state index contributed by atoms with van der Waals surface area (Å²) in [6.45, 7) is 14.6. The third-order valence-corrected chi connectivity index (χ3v) is 9.94. The zero-order valence-corrected chi connectivity index (χ0v) is 19.7. The van der Waals surface area contributed by atoms with Gasteiger partial charge in [0.15, 0.2) is 0 Å². The van der Waals surface area contributed by atoms with Crippen molar-refractivity contribution in [1.29, 1.82) is 0 Å². The number of rotatable bonds is 4. The van der Waals surface area contributed by atoms with E-state index in [-0.39, 0.29) is 6.10 Å². The predicted molar refractivity (Wildman–Crippen MR) is 123 cm³/mol. The molecule has 0 amide bonds. The molecule has 2 fully saturated rings. The highest BCUT2D eigenvalue weighted by molar-refractivity contribution is 5.46. The summed E-state index contributed by atoms with van der Waals surface area (Å²) in [5.74, 6) is 4.23. The van der Waals surface area contributed by atoms with Crippen molar-refractivity contribution >= 4 is 0 Å². The maximum Gasteiger partial charge on any atom is 0.0543 e. The Morgan fingerprint density at radius 1 is 1.03 bits per heavy atom. The molecule has 1 unspecified atom stereocenters. The second-order valence-electron chi connectivity index (χ2n) is 11.8. The van der Waals surface area contributed by atoms with E-state index >= 15 is 0 Å². The Hall–Kier alpha value is -0.820. The zero-order valence-electron chi connectivity index (χ0n) is 19.7. The van der Waals surface area contributed by atoms with Gasteiger partial charge in [-0.1, -0.05) is 65.8 Å². The van der Waals surface area contributed by atoms with E-state index in [0.29, 0.717) is 28.6 Å². The van der Waals surface area contributed by atoms with Crippen LogP contribution in [0.5, 0.6) is 0 Å². The summed E-state index contributed by atoms with van der Waals surface area (Å²) in [5.41, 5.74) is 4.11. The minimum absolute atomic E-state index is 0.0748. The molecule has 0 aliphatic heterocycles. The van der Waals surface area contributed by atoms with Crippen molar-refractivity contribution in [2.24, 2.45) is 46.3 Å². The molecule has 2 saturated carbocycles. The van der Waals surface area contributed by atoms with E-state index in [2.05, 4.69) is 65.8 Å². The first-order valence-electron chi connectivity index (χ1n) is 12.4. The summed E-state index contributed by atoms with van der Waals surface area (Å²) >= 11 is 0. The average Bonchev–Trinajstić information content (AvgIpc) is 3.03. The Bertz CT molecular complexity index is 712. The third-order valence-electron chi connectivity index (χ3n) is 9.94. The van der Waals surface area contributed by atoms with Crippen LogP contribution < -0.4 is 0 Å². The lowest BCUT2D eigenvalue weighted by Crippen LogP contribution is -2.44. The summed E-state index contributed by atoms with van der Waals surface area (Å²) in [6, 6.07) is 0. The monoisotopic (exact) mass is 396 g/mol. The number of aliphatic hydroxyl groups is 1. The highest BCUT2D eigenvalue weighted by Crippen LogP contribution is 2.64. The van der Waals surface area contributed by atoms with Gasteiger partial charge in [-0.05, 0) is 102 Å². The topological polar surface area (TPSA) is 20.2 Å². The SMILES string of the molecule is CC(C)[C@@H](C)/C=C/[C@@H](C)[C@H]1CC[C@H]2C3=CCC4C[C@@H](O)CC[C@]4(C)C3=CC[C@]12C. The highest BCUT2D eigenvalue weighted by atomic mass is 16.3. The Morgan fingerprint density at radius 3 is 2.52 bits per heavy atom. The molecule has 0 heterocycles. The van der Waals surface area contributed by atoms with Crippen LogP contribution in [-0.2, 0) is 0 Å². The summed E-state index contributed by atoms with van der Waals surface area (Å²) in [6.07, 6.45) is 18.5. The van der Waals surface area contributed by atoms with Gasteiger partial charge < -0.3 is 5.11 Å². The first-order chi connectivity index (χ1) is 13.7. The van der Waals surface area contributed by atoms with Crippen LogP contribution >= 0.6 is 0 Å². The van der Waals surface area contributed by atoms with E-state index < -0.39 is 0 Å². The fraction of sp³-hybridized carbons (Fsp3) is 0.786. The van der Waals surface area contributed by atoms with E-state index in [1.807, 2.05) is 0 Å². The highest BCUT2D eigenvalue weighted by Gasteiger charge is 2.55. The molecule has 1 nitrogen and oxygen atoms in total. The molecule has 0 bridgehead atoms. The van der Waals surface area contributed by atoms with Crippen molar-refractivity contribution in [2.75, 3.05) is 0 Å². The number of allylic oxidation sites excluding steroid dienone is 6. The number of fused-ring (bicyclic) bond motifs is 5. The molecule has 1 heteroatoms.